The zero-order chi connectivity index (χ0) is 18.8. The Kier molecular flexibility index (Phi) is 8.90. The summed E-state index contributed by atoms with van der Waals surface area (Å²) in [6, 6.07) is -0.611. The number of nitrogens with one attached hydrogen (secondary N) is 3. The van der Waals surface area contributed by atoms with Gasteiger partial charge >= 0.3 is 12.0 Å². The van der Waals surface area contributed by atoms with Crippen LogP contribution in [0.5, 0.6) is 0 Å². The minimum Gasteiger partial charge on any atom is -0.451 e. The van der Waals surface area contributed by atoms with E-state index in [-0.39, 0.29) is 11.6 Å². The van der Waals surface area contributed by atoms with Gasteiger partial charge in [-0.1, -0.05) is 27.7 Å². The van der Waals surface area contributed by atoms with Gasteiger partial charge in [0.05, 0.1) is 0 Å². The van der Waals surface area contributed by atoms with Crippen LogP contribution < -0.4 is 16.0 Å². The third-order valence-electron chi connectivity index (χ3n) is 2.97. The van der Waals surface area contributed by atoms with Crippen LogP contribution in [0, 0.1) is 11.8 Å². The van der Waals surface area contributed by atoms with E-state index in [9.17, 15) is 14.4 Å². The number of esters is 1. The first-order valence-corrected chi connectivity index (χ1v) is 9.10. The number of carbonyl (C=O) groups excluding carboxylic acids is 3. The van der Waals surface area contributed by atoms with Gasteiger partial charge in [-0.25, -0.2) is 14.6 Å². The van der Waals surface area contributed by atoms with Gasteiger partial charge in [0.15, 0.2) is 17.4 Å². The molecule has 1 aromatic heterocycles. The monoisotopic (exact) mass is 370 g/mol. The summed E-state index contributed by atoms with van der Waals surface area (Å²) in [5.74, 6) is -0.550. The predicted molar refractivity (Wildman–Crippen MR) is 96.7 cm³/mol. The molecule has 0 saturated heterocycles. The van der Waals surface area contributed by atoms with Crippen LogP contribution in [0.25, 0.3) is 0 Å². The van der Waals surface area contributed by atoms with Crippen molar-refractivity contribution in [3.05, 3.63) is 11.1 Å². The lowest BCUT2D eigenvalue weighted by molar-refractivity contribution is -0.123. The fourth-order valence-electron chi connectivity index (χ4n) is 1.63. The Morgan fingerprint density at radius 1 is 1.20 bits per heavy atom. The summed E-state index contributed by atoms with van der Waals surface area (Å²) < 4.78 is 4.86. The van der Waals surface area contributed by atoms with Gasteiger partial charge in [0.1, 0.15) is 0 Å². The van der Waals surface area contributed by atoms with Crippen molar-refractivity contribution < 1.29 is 19.1 Å². The number of anilines is 1. The molecule has 0 bridgehead atoms. The number of nitrogens with zero attached hydrogens (tertiary/aromatic N) is 1. The lowest BCUT2D eigenvalue weighted by Gasteiger charge is -2.08. The molecule has 0 aliphatic carbocycles. The molecule has 0 saturated carbocycles. The maximum absolute atomic E-state index is 11.9. The van der Waals surface area contributed by atoms with Gasteiger partial charge in [-0.15, -0.1) is 11.3 Å². The van der Waals surface area contributed by atoms with Crippen molar-refractivity contribution in [3.63, 3.8) is 0 Å². The Morgan fingerprint density at radius 2 is 1.92 bits per heavy atom. The molecule has 140 valence electrons. The van der Waals surface area contributed by atoms with Crippen molar-refractivity contribution in [1.82, 2.24) is 15.6 Å². The molecule has 9 heteroatoms. The molecule has 0 aromatic carbocycles. The number of hydrogen-bond donors (Lipinski definition) is 3. The highest BCUT2D eigenvalue weighted by atomic mass is 32.1. The SMILES string of the molecule is CC(C)CCNc1nc(C(=O)OCC(=O)NC(=O)NCC(C)C)cs1. The second-order valence-corrected chi connectivity index (χ2v) is 7.23. The number of carbonyl (C=O) groups is 3. The standard InChI is InChI=1S/C16H26N4O4S/c1-10(2)5-6-17-16-19-12(9-25-16)14(22)24-8-13(21)20-15(23)18-7-11(3)4/h9-11H,5-8H2,1-4H3,(H,17,19)(H2,18,20,21,23). The number of urea groups is 1. The van der Waals surface area contributed by atoms with Gasteiger partial charge in [-0.05, 0) is 18.3 Å². The Morgan fingerprint density at radius 3 is 2.56 bits per heavy atom. The van der Waals surface area contributed by atoms with E-state index in [2.05, 4.69) is 34.8 Å². The van der Waals surface area contributed by atoms with Gasteiger partial charge in [0.2, 0.25) is 0 Å². The van der Waals surface area contributed by atoms with Gasteiger partial charge in [0.25, 0.3) is 5.91 Å². The number of thiazole rings is 1. The van der Waals surface area contributed by atoms with Crippen molar-refractivity contribution in [2.24, 2.45) is 11.8 Å². The third-order valence-corrected chi connectivity index (χ3v) is 3.77. The minimum atomic E-state index is -0.703. The van der Waals surface area contributed by atoms with Crippen molar-refractivity contribution in [2.45, 2.75) is 34.1 Å². The van der Waals surface area contributed by atoms with Crippen LogP contribution in [0.15, 0.2) is 5.38 Å². The second kappa shape index (κ2) is 10.7. The molecule has 25 heavy (non-hydrogen) atoms. The first-order valence-electron chi connectivity index (χ1n) is 8.22. The van der Waals surface area contributed by atoms with Crippen LogP contribution in [0.2, 0.25) is 0 Å². The topological polar surface area (TPSA) is 109 Å². The molecule has 8 nitrogen and oxygen atoms in total. The smallest absolute Gasteiger partial charge is 0.358 e. The van der Waals surface area contributed by atoms with Crippen molar-refractivity contribution in [2.75, 3.05) is 25.0 Å². The van der Waals surface area contributed by atoms with Crippen LogP contribution in [-0.4, -0.2) is 42.6 Å². The van der Waals surface area contributed by atoms with E-state index in [1.165, 1.54) is 11.3 Å². The third kappa shape index (κ3) is 9.04. The highest BCUT2D eigenvalue weighted by Gasteiger charge is 2.15. The molecule has 0 aliphatic rings. The average Bonchev–Trinajstić information content (AvgIpc) is 2.99. The molecule has 0 radical (unpaired) electrons. The van der Waals surface area contributed by atoms with Gasteiger partial charge < -0.3 is 15.4 Å². The Balaban J connectivity index is 2.33. The summed E-state index contributed by atoms with van der Waals surface area (Å²) in [6.45, 7) is 8.80. The molecule has 1 heterocycles. The van der Waals surface area contributed by atoms with Crippen LogP contribution in [-0.2, 0) is 9.53 Å². The number of rotatable bonds is 9. The van der Waals surface area contributed by atoms with Gasteiger partial charge in [0, 0.05) is 18.5 Å². The summed E-state index contributed by atoms with van der Waals surface area (Å²) in [5, 5.41) is 9.95. The fourth-order valence-corrected chi connectivity index (χ4v) is 2.33. The molecular formula is C16H26N4O4S. The Hall–Kier alpha value is -2.16. The van der Waals surface area contributed by atoms with Crippen molar-refractivity contribution in [3.8, 4) is 0 Å². The number of imide groups is 1. The number of hydrogen-bond acceptors (Lipinski definition) is 7. The zero-order valence-corrected chi connectivity index (χ0v) is 15.9. The van der Waals surface area contributed by atoms with Gasteiger partial charge in [-0.3, -0.25) is 10.1 Å². The van der Waals surface area contributed by atoms with Gasteiger partial charge in [-0.2, -0.15) is 0 Å². The molecule has 1 rings (SSSR count). The Labute approximate surface area is 151 Å². The summed E-state index contributed by atoms with van der Waals surface area (Å²) in [7, 11) is 0. The quantitative estimate of drug-likeness (QED) is 0.575. The number of aromatic nitrogens is 1. The molecular weight excluding hydrogens is 344 g/mol. The molecule has 3 N–H and O–H groups in total. The summed E-state index contributed by atoms with van der Waals surface area (Å²) in [5.41, 5.74) is 0.133. The predicted octanol–water partition coefficient (Wildman–Crippen LogP) is 2.24. The van der Waals surface area contributed by atoms with E-state index in [0.29, 0.717) is 17.6 Å². The largest absolute Gasteiger partial charge is 0.451 e. The molecule has 0 spiro atoms. The van der Waals surface area contributed by atoms with E-state index in [4.69, 9.17) is 4.74 Å². The maximum atomic E-state index is 11.9. The normalized spacial score (nSPS) is 10.6. The molecule has 3 amide bonds. The summed E-state index contributed by atoms with van der Waals surface area (Å²) in [6.07, 6.45) is 0.998. The highest BCUT2D eigenvalue weighted by molar-refractivity contribution is 7.13. The minimum absolute atomic E-state index is 0.133. The molecule has 1 aromatic rings. The molecule has 0 fully saturated rings. The van der Waals surface area contributed by atoms with E-state index in [0.717, 1.165) is 13.0 Å². The lowest BCUT2D eigenvalue weighted by Crippen LogP contribution is -2.42. The van der Waals surface area contributed by atoms with Crippen LogP contribution >= 0.6 is 11.3 Å². The zero-order valence-electron chi connectivity index (χ0n) is 15.0. The lowest BCUT2D eigenvalue weighted by atomic mass is 10.1. The first kappa shape index (κ1) is 20.9. The van der Waals surface area contributed by atoms with Crippen LogP contribution in [0.3, 0.4) is 0 Å². The highest BCUT2D eigenvalue weighted by Crippen LogP contribution is 2.16. The van der Waals surface area contributed by atoms with Crippen molar-refractivity contribution in [1.29, 1.82) is 0 Å². The summed E-state index contributed by atoms with van der Waals surface area (Å²) >= 11 is 1.30. The van der Waals surface area contributed by atoms with Crippen molar-refractivity contribution >= 4 is 34.4 Å². The number of amides is 3. The Bertz CT molecular complexity index is 586. The maximum Gasteiger partial charge on any atom is 0.358 e. The second-order valence-electron chi connectivity index (χ2n) is 6.38. The molecule has 0 atom stereocenters. The van der Waals surface area contributed by atoms with E-state index >= 15 is 0 Å². The van der Waals surface area contributed by atoms with Crippen LogP contribution in [0.4, 0.5) is 9.93 Å². The fraction of sp³-hybridized carbons (Fsp3) is 0.625. The number of ether oxygens (including phenoxy) is 1. The van der Waals surface area contributed by atoms with E-state index in [1.54, 1.807) is 5.38 Å². The van der Waals surface area contributed by atoms with Crippen LogP contribution in [0.1, 0.15) is 44.6 Å². The van der Waals surface area contributed by atoms with E-state index < -0.39 is 24.5 Å². The summed E-state index contributed by atoms with van der Waals surface area (Å²) in [4.78, 5) is 39.0. The molecule has 0 aliphatic heterocycles. The molecule has 0 unspecified atom stereocenters. The average molecular weight is 370 g/mol. The first-order chi connectivity index (χ1) is 11.8. The van der Waals surface area contributed by atoms with E-state index in [1.807, 2.05) is 13.8 Å².